The van der Waals surface area contributed by atoms with E-state index in [0.29, 0.717) is 27.9 Å². The summed E-state index contributed by atoms with van der Waals surface area (Å²) < 4.78 is 9.15. The first-order valence-electron chi connectivity index (χ1n) is 13.1. The summed E-state index contributed by atoms with van der Waals surface area (Å²) in [6, 6.07) is 12.1. The highest BCUT2D eigenvalue weighted by molar-refractivity contribution is 6.07. The number of hydrogen-bond donors (Lipinski definition) is 3. The number of rotatable bonds is 7. The summed E-state index contributed by atoms with van der Waals surface area (Å²) in [6.07, 6.45) is 4.99. The number of hydrogen-bond acceptors (Lipinski definition) is 7. The molecule has 11 nitrogen and oxygen atoms in total. The molecule has 206 valence electrons. The summed E-state index contributed by atoms with van der Waals surface area (Å²) >= 11 is 0. The van der Waals surface area contributed by atoms with Crippen molar-refractivity contribution in [3.63, 3.8) is 0 Å². The summed E-state index contributed by atoms with van der Waals surface area (Å²) in [4.78, 5) is 39.1. The summed E-state index contributed by atoms with van der Waals surface area (Å²) in [5.41, 5.74) is 1.93. The number of imidazole rings is 1. The zero-order valence-corrected chi connectivity index (χ0v) is 22.7. The molecule has 0 bridgehead atoms. The lowest BCUT2D eigenvalue weighted by Crippen LogP contribution is -2.47. The number of aromatic nitrogens is 5. The predicted molar refractivity (Wildman–Crippen MR) is 152 cm³/mol. The molecule has 3 aromatic heterocycles. The van der Waals surface area contributed by atoms with Crippen molar-refractivity contribution in [1.82, 2.24) is 34.7 Å². The molecule has 0 unspecified atom stereocenters. The number of nitrogens with one attached hydrogen (secondary N) is 2. The third-order valence-electron chi connectivity index (χ3n) is 7.24. The van der Waals surface area contributed by atoms with E-state index < -0.39 is 17.5 Å². The van der Waals surface area contributed by atoms with E-state index in [9.17, 15) is 14.7 Å². The van der Waals surface area contributed by atoms with Gasteiger partial charge in [-0.15, -0.1) is 5.92 Å². The standard InChI is InChI=1S/C30H27N7O4/c1-4-5-12-41-22-11-8-20-14-36(27(38)23(20)13-22)15-30(28(39)34-29(40)35-30)21-9-6-19(7-10-21)24-25-26(32-16-31-24)37(17-33-25)18(2)3/h6-11,13-14,16-18,38H,12,15H2,1-3H3,(H2,34,35,39,40)/t30-/m0/s1. The average Bonchev–Trinajstić information content (AvgIpc) is 3.62. The van der Waals surface area contributed by atoms with E-state index >= 15 is 0 Å². The van der Waals surface area contributed by atoms with E-state index in [2.05, 4.69) is 51.3 Å². The molecule has 0 spiro atoms. The SMILES string of the molecule is CC#CCOc1ccc2cn(C[C@@]3(c4ccc(-c5ncnc6c5ncn6C(C)C)cc4)NC(=O)NC3=O)c(O)c2c1. The second-order valence-corrected chi connectivity index (χ2v) is 10.1. The van der Waals surface area contributed by atoms with E-state index in [0.717, 1.165) is 16.6 Å². The monoisotopic (exact) mass is 549 g/mol. The quantitative estimate of drug-likeness (QED) is 0.207. The van der Waals surface area contributed by atoms with Crippen molar-refractivity contribution in [2.24, 2.45) is 0 Å². The van der Waals surface area contributed by atoms with Crippen molar-refractivity contribution in [1.29, 1.82) is 0 Å². The van der Waals surface area contributed by atoms with Crippen LogP contribution in [0.3, 0.4) is 0 Å². The van der Waals surface area contributed by atoms with Crippen LogP contribution >= 0.6 is 0 Å². The van der Waals surface area contributed by atoms with Gasteiger partial charge in [0, 0.05) is 28.6 Å². The lowest BCUT2D eigenvalue weighted by molar-refractivity contribution is -0.124. The largest absolute Gasteiger partial charge is 0.494 e. The molecule has 1 saturated heterocycles. The molecular formula is C30H27N7O4. The van der Waals surface area contributed by atoms with Crippen LogP contribution in [0, 0.1) is 11.8 Å². The first-order valence-corrected chi connectivity index (χ1v) is 13.1. The van der Waals surface area contributed by atoms with Crippen molar-refractivity contribution in [3.05, 3.63) is 66.9 Å². The molecule has 5 aromatic rings. The normalized spacial score (nSPS) is 16.6. The van der Waals surface area contributed by atoms with Gasteiger partial charge >= 0.3 is 6.03 Å². The first-order chi connectivity index (χ1) is 19.8. The van der Waals surface area contributed by atoms with Crippen LogP contribution in [0.1, 0.15) is 32.4 Å². The molecule has 41 heavy (non-hydrogen) atoms. The Morgan fingerprint density at radius 2 is 1.90 bits per heavy atom. The van der Waals surface area contributed by atoms with Gasteiger partial charge in [0.25, 0.3) is 5.91 Å². The van der Waals surface area contributed by atoms with E-state index in [1.54, 1.807) is 48.3 Å². The van der Waals surface area contributed by atoms with Gasteiger partial charge in [-0.3, -0.25) is 10.1 Å². The molecule has 3 N–H and O–H groups in total. The van der Waals surface area contributed by atoms with E-state index in [1.165, 1.54) is 6.33 Å². The highest BCUT2D eigenvalue weighted by Crippen LogP contribution is 2.36. The van der Waals surface area contributed by atoms with Gasteiger partial charge < -0.3 is 24.3 Å². The molecule has 1 atom stereocenters. The van der Waals surface area contributed by atoms with Crippen LogP contribution in [0.25, 0.3) is 33.2 Å². The Kier molecular flexibility index (Phi) is 6.30. The molecule has 0 saturated carbocycles. The maximum atomic E-state index is 13.3. The summed E-state index contributed by atoms with van der Waals surface area (Å²) in [5.74, 6) is 5.59. The van der Waals surface area contributed by atoms with Crippen LogP contribution in [-0.2, 0) is 16.9 Å². The van der Waals surface area contributed by atoms with Crippen molar-refractivity contribution in [2.45, 2.75) is 38.9 Å². The highest BCUT2D eigenvalue weighted by atomic mass is 16.5. The lowest BCUT2D eigenvalue weighted by Gasteiger charge is -2.27. The van der Waals surface area contributed by atoms with Crippen molar-refractivity contribution >= 4 is 33.9 Å². The molecule has 0 radical (unpaired) electrons. The fourth-order valence-corrected chi connectivity index (χ4v) is 5.13. The van der Waals surface area contributed by atoms with Crippen molar-refractivity contribution < 1.29 is 19.4 Å². The third-order valence-corrected chi connectivity index (χ3v) is 7.24. The maximum absolute atomic E-state index is 13.3. The zero-order valence-electron chi connectivity index (χ0n) is 22.7. The predicted octanol–water partition coefficient (Wildman–Crippen LogP) is 3.87. The van der Waals surface area contributed by atoms with Crippen molar-refractivity contribution in [3.8, 4) is 34.7 Å². The molecule has 6 rings (SSSR count). The Labute approximate surface area is 235 Å². The number of carbonyl (C=O) groups is 2. The van der Waals surface area contributed by atoms with E-state index in [4.69, 9.17) is 4.74 Å². The lowest BCUT2D eigenvalue weighted by atomic mass is 9.88. The van der Waals surface area contributed by atoms with Crippen LogP contribution in [0.4, 0.5) is 4.79 Å². The molecule has 1 fully saturated rings. The Bertz CT molecular complexity index is 1880. The number of imide groups is 1. The van der Waals surface area contributed by atoms with Crippen LogP contribution in [0.5, 0.6) is 11.6 Å². The molecule has 3 amide bonds. The first kappa shape index (κ1) is 25.9. The summed E-state index contributed by atoms with van der Waals surface area (Å²) in [6.45, 7) is 6.03. The molecule has 2 aromatic carbocycles. The summed E-state index contributed by atoms with van der Waals surface area (Å²) in [5, 5.41) is 17.5. The minimum atomic E-state index is -1.46. The Morgan fingerprint density at radius 3 is 2.61 bits per heavy atom. The number of aromatic hydroxyl groups is 1. The van der Waals surface area contributed by atoms with Gasteiger partial charge in [-0.1, -0.05) is 30.2 Å². The molecule has 1 aliphatic heterocycles. The van der Waals surface area contributed by atoms with Gasteiger partial charge in [-0.25, -0.2) is 19.7 Å². The number of carbonyl (C=O) groups excluding carboxylic acids is 2. The second-order valence-electron chi connectivity index (χ2n) is 10.1. The average molecular weight is 550 g/mol. The van der Waals surface area contributed by atoms with Crippen LogP contribution < -0.4 is 15.4 Å². The zero-order chi connectivity index (χ0) is 28.7. The van der Waals surface area contributed by atoms with Gasteiger partial charge in [0.1, 0.15) is 29.9 Å². The van der Waals surface area contributed by atoms with E-state index in [-0.39, 0.29) is 25.1 Å². The van der Waals surface area contributed by atoms with Crippen LogP contribution in [0.2, 0.25) is 0 Å². The van der Waals surface area contributed by atoms with Gasteiger partial charge in [-0.2, -0.15) is 0 Å². The third kappa shape index (κ3) is 4.39. The number of ether oxygens (including phenoxy) is 1. The number of benzene rings is 2. The topological polar surface area (TPSA) is 136 Å². The molecule has 11 heteroatoms. The van der Waals surface area contributed by atoms with Gasteiger partial charge in [-0.05, 0) is 44.5 Å². The van der Waals surface area contributed by atoms with Gasteiger partial charge in [0.05, 0.1) is 12.9 Å². The number of amides is 3. The molecular weight excluding hydrogens is 522 g/mol. The number of urea groups is 1. The molecule has 4 heterocycles. The Morgan fingerprint density at radius 1 is 1.10 bits per heavy atom. The second kappa shape index (κ2) is 9.98. The van der Waals surface area contributed by atoms with Crippen LogP contribution in [0.15, 0.2) is 61.3 Å². The fraction of sp³-hybridized carbons (Fsp3) is 0.233. The summed E-state index contributed by atoms with van der Waals surface area (Å²) in [7, 11) is 0. The number of fused-ring (bicyclic) bond motifs is 2. The fourth-order valence-electron chi connectivity index (χ4n) is 5.13. The molecule has 0 aliphatic carbocycles. The maximum Gasteiger partial charge on any atom is 0.322 e. The van der Waals surface area contributed by atoms with Gasteiger partial charge in [0.15, 0.2) is 17.1 Å². The smallest absolute Gasteiger partial charge is 0.322 e. The highest BCUT2D eigenvalue weighted by Gasteiger charge is 2.48. The van der Waals surface area contributed by atoms with Crippen molar-refractivity contribution in [2.75, 3.05) is 6.61 Å². The Balaban J connectivity index is 1.36. The minimum absolute atomic E-state index is 0.0432. The number of nitrogens with zero attached hydrogens (tertiary/aromatic N) is 5. The Hall–Kier alpha value is -5.37. The minimum Gasteiger partial charge on any atom is -0.494 e. The van der Waals surface area contributed by atoms with Crippen LogP contribution in [-0.4, -0.2) is 47.7 Å². The molecule has 1 aliphatic rings. The van der Waals surface area contributed by atoms with Gasteiger partial charge in [0.2, 0.25) is 0 Å². The van der Waals surface area contributed by atoms with E-state index in [1.807, 2.05) is 22.8 Å².